The van der Waals surface area contributed by atoms with Crippen molar-refractivity contribution in [2.45, 2.75) is 394 Å². The molecule has 3 saturated heterocycles. The normalized spacial score (nSPS) is 26.9. The van der Waals surface area contributed by atoms with Crippen LogP contribution in [0.25, 0.3) is 0 Å². The van der Waals surface area contributed by atoms with Crippen molar-refractivity contribution >= 4 is 5.91 Å². The number of hydrogen-bond acceptors (Lipinski definition) is 18. The first-order valence-electron chi connectivity index (χ1n) is 39.8. The largest absolute Gasteiger partial charge is 0.394 e. The molecule has 19 nitrogen and oxygen atoms in total. The zero-order valence-electron chi connectivity index (χ0n) is 61.9. The molecule has 17 atom stereocenters. The quantitative estimate of drug-likeness (QED) is 0.0199. The van der Waals surface area contributed by atoms with E-state index in [4.69, 9.17) is 28.4 Å². The molecule has 1 amide bonds. The zero-order valence-corrected chi connectivity index (χ0v) is 61.9. The minimum absolute atomic E-state index is 0.234. The minimum atomic E-state index is -1.98. The second-order valence-electron chi connectivity index (χ2n) is 28.1. The number of ether oxygens (including phenoxy) is 6. The van der Waals surface area contributed by atoms with E-state index in [0.29, 0.717) is 6.42 Å². The van der Waals surface area contributed by atoms with Gasteiger partial charge in [-0.1, -0.05) is 298 Å². The van der Waals surface area contributed by atoms with Gasteiger partial charge in [-0.2, -0.15) is 0 Å². The van der Waals surface area contributed by atoms with E-state index in [1.54, 1.807) is 6.08 Å². The van der Waals surface area contributed by atoms with Gasteiger partial charge in [-0.05, 0) is 70.6 Å². The molecule has 0 saturated carbocycles. The molecule has 12 N–H and O–H groups in total. The SMILES string of the molecule is CC/C=C\C/C=C\C/C=C\C/C=C\C/C=C\C/C=C\CCCCCCCCCCCCC(=O)NC(COC1OC(CO)C(OC2OC(CO)C(OC3OC(CO)C(O)C(O)C3O)C(O)C2O)C(O)C1O)C(O)/C=C/CCCCCCCCCCCCCCCCCCCCCCCCCC. The summed E-state index contributed by atoms with van der Waals surface area (Å²) in [7, 11) is 0. The number of hydrogen-bond donors (Lipinski definition) is 12. The van der Waals surface area contributed by atoms with E-state index in [9.17, 15) is 61.0 Å². The highest BCUT2D eigenvalue weighted by molar-refractivity contribution is 5.76. The van der Waals surface area contributed by atoms with Crippen LogP contribution in [0, 0.1) is 0 Å². The van der Waals surface area contributed by atoms with Crippen LogP contribution in [-0.4, -0.2) is 193 Å². The van der Waals surface area contributed by atoms with E-state index in [1.807, 2.05) is 6.08 Å². The maximum Gasteiger partial charge on any atom is 0.220 e. The first-order chi connectivity index (χ1) is 48.8. The highest BCUT2D eigenvalue weighted by atomic mass is 16.8. The van der Waals surface area contributed by atoms with Crippen molar-refractivity contribution in [1.29, 1.82) is 0 Å². The van der Waals surface area contributed by atoms with Crippen LogP contribution in [0.2, 0.25) is 0 Å². The van der Waals surface area contributed by atoms with Gasteiger partial charge >= 0.3 is 0 Å². The Morgan fingerprint density at radius 1 is 0.370 bits per heavy atom. The fraction of sp³-hybridized carbons (Fsp3) is 0.815. The summed E-state index contributed by atoms with van der Waals surface area (Å²) in [6, 6.07) is -0.982. The van der Waals surface area contributed by atoms with Crippen LogP contribution < -0.4 is 5.32 Å². The second-order valence-corrected chi connectivity index (χ2v) is 28.1. The fourth-order valence-electron chi connectivity index (χ4n) is 13.1. The van der Waals surface area contributed by atoms with Crippen molar-refractivity contribution in [3.63, 3.8) is 0 Å². The van der Waals surface area contributed by atoms with E-state index in [1.165, 1.54) is 167 Å². The van der Waals surface area contributed by atoms with Crippen LogP contribution in [0.3, 0.4) is 0 Å². The molecule has 0 aliphatic carbocycles. The van der Waals surface area contributed by atoms with E-state index >= 15 is 0 Å². The Balaban J connectivity index is 1.39. The molecule has 0 bridgehead atoms. The topological polar surface area (TPSA) is 307 Å². The third-order valence-electron chi connectivity index (χ3n) is 19.4. The van der Waals surface area contributed by atoms with Gasteiger partial charge < -0.3 is 89.9 Å². The molecule has 0 spiro atoms. The van der Waals surface area contributed by atoms with Gasteiger partial charge in [0.2, 0.25) is 5.91 Å². The van der Waals surface area contributed by atoms with Crippen LogP contribution >= 0.6 is 0 Å². The van der Waals surface area contributed by atoms with Crippen molar-refractivity contribution in [2.24, 2.45) is 0 Å². The lowest BCUT2D eigenvalue weighted by molar-refractivity contribution is -0.379. The van der Waals surface area contributed by atoms with E-state index in [0.717, 1.165) is 96.3 Å². The van der Waals surface area contributed by atoms with Crippen LogP contribution in [0.5, 0.6) is 0 Å². The summed E-state index contributed by atoms with van der Waals surface area (Å²) >= 11 is 0. The molecule has 580 valence electrons. The summed E-state index contributed by atoms with van der Waals surface area (Å²) in [4.78, 5) is 13.5. The first-order valence-corrected chi connectivity index (χ1v) is 39.8. The van der Waals surface area contributed by atoms with Crippen molar-refractivity contribution in [2.75, 3.05) is 26.4 Å². The van der Waals surface area contributed by atoms with Crippen LogP contribution in [0.4, 0.5) is 0 Å². The van der Waals surface area contributed by atoms with Crippen molar-refractivity contribution in [1.82, 2.24) is 5.32 Å². The molecule has 0 aromatic carbocycles. The van der Waals surface area contributed by atoms with Gasteiger partial charge in [0.15, 0.2) is 18.9 Å². The summed E-state index contributed by atoms with van der Waals surface area (Å²) in [6.45, 7) is 1.65. The average molecular weight is 1420 g/mol. The number of allylic oxidation sites excluding steroid dienone is 13. The molecule has 3 fully saturated rings. The van der Waals surface area contributed by atoms with Gasteiger partial charge in [-0.3, -0.25) is 4.79 Å². The number of rotatable bonds is 62. The molecule has 0 radical (unpaired) electrons. The number of amides is 1. The summed E-state index contributed by atoms with van der Waals surface area (Å²) in [5.41, 5.74) is 0. The maximum atomic E-state index is 13.5. The molecule has 0 aromatic rings. The van der Waals surface area contributed by atoms with Gasteiger partial charge in [0, 0.05) is 6.42 Å². The molecule has 3 aliphatic rings. The van der Waals surface area contributed by atoms with Gasteiger partial charge in [-0.25, -0.2) is 0 Å². The van der Waals surface area contributed by atoms with Gasteiger partial charge in [0.05, 0.1) is 38.6 Å². The van der Waals surface area contributed by atoms with E-state index in [2.05, 4.69) is 92.1 Å². The van der Waals surface area contributed by atoms with Crippen LogP contribution in [0.1, 0.15) is 290 Å². The summed E-state index contributed by atoms with van der Waals surface area (Å²) in [6.07, 6.45) is 54.1. The first kappa shape index (κ1) is 91.2. The molecule has 19 heteroatoms. The summed E-state index contributed by atoms with van der Waals surface area (Å²) in [5, 5.41) is 121. The lowest BCUT2D eigenvalue weighted by Gasteiger charge is -2.48. The summed E-state index contributed by atoms with van der Waals surface area (Å²) < 4.78 is 34.5. The molecular weight excluding hydrogens is 1270 g/mol. The highest BCUT2D eigenvalue weighted by Crippen LogP contribution is 2.33. The zero-order chi connectivity index (χ0) is 72.5. The monoisotopic (exact) mass is 1420 g/mol. The van der Waals surface area contributed by atoms with Crippen LogP contribution in [-0.2, 0) is 33.2 Å². The number of nitrogens with one attached hydrogen (secondary N) is 1. The predicted molar refractivity (Wildman–Crippen MR) is 397 cm³/mol. The lowest BCUT2D eigenvalue weighted by Crippen LogP contribution is -2.66. The third kappa shape index (κ3) is 41.0. The molecular formula is C81H143NO18. The minimum Gasteiger partial charge on any atom is -0.394 e. The fourth-order valence-corrected chi connectivity index (χ4v) is 13.1. The van der Waals surface area contributed by atoms with Crippen LogP contribution in [0.15, 0.2) is 85.1 Å². The Morgan fingerprint density at radius 3 is 1.08 bits per heavy atom. The Labute approximate surface area is 603 Å². The number of aliphatic hydroxyl groups excluding tert-OH is 11. The van der Waals surface area contributed by atoms with Crippen molar-refractivity contribution < 1.29 is 89.4 Å². The molecule has 3 rings (SSSR count). The standard InChI is InChI=1S/C81H143NO18/c1-3-5-7-9-11-13-15-17-19-21-23-25-27-29-31-32-33-35-37-39-41-43-45-47-49-51-53-55-57-59-69(87)82-64(65(86)58-56-54-52-50-48-46-44-42-40-38-36-34-30-28-26-24-22-20-18-16-14-12-10-8-6-4-2)63-95-79-75(93)72(90)77(67(61-84)97-79)100-81-76(94)73(91)78(68(62-85)98-81)99-80-74(92)71(89)70(88)66(60-83)96-80/h5,7,11,13,17,19,23,25,29,31,33,35,56,58,64-68,70-81,83-86,88-94H,3-4,6,8-10,12,14-16,18,20-22,24,26-28,30,32,34,36-55,57,59-63H2,1-2H3,(H,82,87)/b7-5-,13-11-,19-17-,25-23-,31-29-,35-33-,58-56+. The Morgan fingerprint density at radius 2 is 0.690 bits per heavy atom. The number of unbranched alkanes of at least 4 members (excludes halogenated alkanes) is 34. The lowest BCUT2D eigenvalue weighted by atomic mass is 9.96. The maximum absolute atomic E-state index is 13.5. The number of aliphatic hydroxyl groups is 11. The predicted octanol–water partition coefficient (Wildman–Crippen LogP) is 13.0. The Kier molecular flexibility index (Phi) is 55.8. The van der Waals surface area contributed by atoms with E-state index in [-0.39, 0.29) is 18.9 Å². The molecule has 17 unspecified atom stereocenters. The van der Waals surface area contributed by atoms with Crippen molar-refractivity contribution in [3.8, 4) is 0 Å². The Bertz CT molecular complexity index is 2140. The molecule has 3 aliphatic heterocycles. The molecule has 100 heavy (non-hydrogen) atoms. The second kappa shape index (κ2) is 61.2. The van der Waals surface area contributed by atoms with E-state index < -0.39 is 124 Å². The van der Waals surface area contributed by atoms with Gasteiger partial charge in [-0.15, -0.1) is 0 Å². The molecule has 3 heterocycles. The third-order valence-corrected chi connectivity index (χ3v) is 19.4. The average Bonchev–Trinajstić information content (AvgIpc) is 0.783. The summed E-state index contributed by atoms with van der Waals surface area (Å²) in [5.74, 6) is -0.280. The number of carbonyl (C=O) groups is 1. The van der Waals surface area contributed by atoms with Gasteiger partial charge in [0.25, 0.3) is 0 Å². The number of carbonyl (C=O) groups excluding carboxylic acids is 1. The smallest absolute Gasteiger partial charge is 0.220 e. The highest BCUT2D eigenvalue weighted by Gasteiger charge is 2.54. The molecule has 0 aromatic heterocycles. The van der Waals surface area contributed by atoms with Crippen molar-refractivity contribution in [3.05, 3.63) is 85.1 Å². The van der Waals surface area contributed by atoms with Gasteiger partial charge in [0.1, 0.15) is 73.2 Å². The Hall–Kier alpha value is -3.03.